The minimum Gasteiger partial charge on any atom is -0.294 e. The summed E-state index contributed by atoms with van der Waals surface area (Å²) in [7, 11) is 0. The molecular formula is C7H11N3O2S. The van der Waals surface area contributed by atoms with E-state index in [-0.39, 0.29) is 17.3 Å². The van der Waals surface area contributed by atoms with Crippen molar-refractivity contribution in [1.82, 2.24) is 9.99 Å². The minimum atomic E-state index is -0.372. The molecule has 0 unspecified atom stereocenters. The van der Waals surface area contributed by atoms with Crippen LogP contribution in [-0.4, -0.2) is 10.5 Å². The van der Waals surface area contributed by atoms with Crippen LogP contribution < -0.4 is 16.1 Å². The molecule has 1 rings (SSSR count). The van der Waals surface area contributed by atoms with E-state index < -0.39 is 0 Å². The van der Waals surface area contributed by atoms with Gasteiger partial charge in [-0.2, -0.15) is 0 Å². The zero-order chi connectivity index (χ0) is 10.0. The fourth-order valence-corrected chi connectivity index (χ4v) is 1.79. The fourth-order valence-electron chi connectivity index (χ4n) is 0.959. The second kappa shape index (κ2) is 3.71. The second-order valence-electron chi connectivity index (χ2n) is 2.66. The van der Waals surface area contributed by atoms with Gasteiger partial charge in [-0.25, -0.2) is 5.84 Å². The Kier molecular flexibility index (Phi) is 2.84. The maximum absolute atomic E-state index is 11.3. The number of carbonyl (C=O) groups is 1. The minimum absolute atomic E-state index is 0.00843. The van der Waals surface area contributed by atoms with Gasteiger partial charge in [0.15, 0.2) is 0 Å². The highest BCUT2D eigenvalue weighted by molar-refractivity contribution is 7.09. The highest BCUT2D eigenvalue weighted by Crippen LogP contribution is 2.08. The Balaban J connectivity index is 3.01. The Bertz CT molecular complexity index is 380. The van der Waals surface area contributed by atoms with Crippen molar-refractivity contribution >= 4 is 17.2 Å². The van der Waals surface area contributed by atoms with Crippen LogP contribution in [0.5, 0.6) is 0 Å². The molecular weight excluding hydrogens is 190 g/mol. The van der Waals surface area contributed by atoms with E-state index in [1.165, 1.54) is 4.57 Å². The van der Waals surface area contributed by atoms with Gasteiger partial charge in [-0.05, 0) is 13.8 Å². The fraction of sp³-hybridized carbons (Fsp3) is 0.429. The van der Waals surface area contributed by atoms with Gasteiger partial charge < -0.3 is 0 Å². The van der Waals surface area contributed by atoms with Crippen LogP contribution in [0, 0.1) is 13.8 Å². The number of aromatic nitrogens is 1. The maximum Gasteiger partial charge on any atom is 0.308 e. The Labute approximate surface area is 79.1 Å². The van der Waals surface area contributed by atoms with E-state index in [0.717, 1.165) is 21.9 Å². The Morgan fingerprint density at radius 1 is 1.62 bits per heavy atom. The standard InChI is InChI=1S/C7H11N3O2S/c1-4-5(2)13-7(12)10(4)3-6(11)9-8/h3,8H2,1-2H3,(H,9,11). The Morgan fingerprint density at radius 2 is 2.23 bits per heavy atom. The Hall–Kier alpha value is -1.14. The van der Waals surface area contributed by atoms with Crippen LogP contribution in [0.2, 0.25) is 0 Å². The van der Waals surface area contributed by atoms with Gasteiger partial charge >= 0.3 is 4.87 Å². The first-order valence-electron chi connectivity index (χ1n) is 3.72. The summed E-state index contributed by atoms with van der Waals surface area (Å²) in [4.78, 5) is 23.0. The molecule has 0 fully saturated rings. The van der Waals surface area contributed by atoms with Crippen LogP contribution in [-0.2, 0) is 11.3 Å². The normalized spacial score (nSPS) is 10.1. The van der Waals surface area contributed by atoms with Gasteiger partial charge in [0.2, 0.25) is 0 Å². The van der Waals surface area contributed by atoms with E-state index in [1.54, 1.807) is 6.92 Å². The molecule has 0 aromatic carbocycles. The van der Waals surface area contributed by atoms with Crippen LogP contribution in [0.25, 0.3) is 0 Å². The highest BCUT2D eigenvalue weighted by atomic mass is 32.1. The molecule has 1 aromatic heterocycles. The van der Waals surface area contributed by atoms with E-state index in [9.17, 15) is 9.59 Å². The molecule has 6 heteroatoms. The molecule has 0 saturated carbocycles. The van der Waals surface area contributed by atoms with Crippen molar-refractivity contribution in [3.05, 3.63) is 20.2 Å². The summed E-state index contributed by atoms with van der Waals surface area (Å²) in [5.41, 5.74) is 2.80. The predicted molar refractivity (Wildman–Crippen MR) is 50.4 cm³/mol. The molecule has 1 heterocycles. The molecule has 0 atom stereocenters. The number of nitrogens with one attached hydrogen (secondary N) is 1. The summed E-state index contributed by atoms with van der Waals surface area (Å²) in [6.45, 7) is 3.64. The number of rotatable bonds is 2. The van der Waals surface area contributed by atoms with Crippen molar-refractivity contribution in [2.45, 2.75) is 20.4 Å². The number of hydrogen-bond acceptors (Lipinski definition) is 4. The van der Waals surface area contributed by atoms with E-state index in [1.807, 2.05) is 12.3 Å². The summed E-state index contributed by atoms with van der Waals surface area (Å²) in [5.74, 6) is 4.54. The van der Waals surface area contributed by atoms with E-state index in [4.69, 9.17) is 5.84 Å². The van der Waals surface area contributed by atoms with E-state index in [0.29, 0.717) is 0 Å². The zero-order valence-corrected chi connectivity index (χ0v) is 8.27. The summed E-state index contributed by atoms with van der Waals surface area (Å²) in [6, 6.07) is 0. The molecule has 3 N–H and O–H groups in total. The van der Waals surface area contributed by atoms with Crippen LogP contribution in [0.4, 0.5) is 0 Å². The number of hydrazine groups is 1. The summed E-state index contributed by atoms with van der Waals surface area (Å²) < 4.78 is 1.40. The first kappa shape index (κ1) is 9.94. The molecule has 0 radical (unpaired) electrons. The molecule has 5 nitrogen and oxygen atoms in total. The van der Waals surface area contributed by atoms with Crippen molar-refractivity contribution in [2.75, 3.05) is 0 Å². The van der Waals surface area contributed by atoms with Gasteiger partial charge in [0, 0.05) is 10.6 Å². The smallest absolute Gasteiger partial charge is 0.294 e. The SMILES string of the molecule is Cc1sc(=O)n(CC(=O)NN)c1C. The van der Waals surface area contributed by atoms with Gasteiger partial charge in [0.05, 0.1) is 0 Å². The van der Waals surface area contributed by atoms with Crippen molar-refractivity contribution in [1.29, 1.82) is 0 Å². The molecule has 1 amide bonds. The molecule has 0 aliphatic carbocycles. The molecule has 0 saturated heterocycles. The third kappa shape index (κ3) is 1.96. The lowest BCUT2D eigenvalue weighted by Crippen LogP contribution is -2.35. The first-order valence-corrected chi connectivity index (χ1v) is 4.54. The molecule has 13 heavy (non-hydrogen) atoms. The average molecular weight is 201 g/mol. The van der Waals surface area contributed by atoms with Crippen molar-refractivity contribution < 1.29 is 4.79 Å². The monoisotopic (exact) mass is 201 g/mol. The van der Waals surface area contributed by atoms with Crippen molar-refractivity contribution in [3.8, 4) is 0 Å². The average Bonchev–Trinajstić information content (AvgIpc) is 2.32. The van der Waals surface area contributed by atoms with Gasteiger partial charge in [0.1, 0.15) is 6.54 Å². The lowest BCUT2D eigenvalue weighted by atomic mass is 10.4. The Morgan fingerprint density at radius 3 is 2.62 bits per heavy atom. The number of thiazole rings is 1. The van der Waals surface area contributed by atoms with Crippen LogP contribution in [0.3, 0.4) is 0 Å². The van der Waals surface area contributed by atoms with E-state index in [2.05, 4.69) is 0 Å². The number of hydrogen-bond donors (Lipinski definition) is 2. The van der Waals surface area contributed by atoms with Crippen molar-refractivity contribution in [3.63, 3.8) is 0 Å². The second-order valence-corrected chi connectivity index (χ2v) is 3.83. The number of nitrogens with zero attached hydrogens (tertiary/aromatic N) is 1. The third-order valence-corrected chi connectivity index (χ3v) is 2.83. The lowest BCUT2D eigenvalue weighted by molar-refractivity contribution is -0.121. The lowest BCUT2D eigenvalue weighted by Gasteiger charge is -2.02. The zero-order valence-electron chi connectivity index (χ0n) is 7.46. The molecule has 0 bridgehead atoms. The molecule has 0 spiro atoms. The van der Waals surface area contributed by atoms with Crippen LogP contribution in [0.1, 0.15) is 10.6 Å². The number of amides is 1. The van der Waals surface area contributed by atoms with Crippen molar-refractivity contribution in [2.24, 2.45) is 5.84 Å². The molecule has 0 aliphatic heterocycles. The van der Waals surface area contributed by atoms with Gasteiger partial charge in [-0.3, -0.25) is 19.6 Å². The number of carbonyl (C=O) groups excluding carboxylic acids is 1. The summed E-state index contributed by atoms with van der Waals surface area (Å²) in [6.07, 6.45) is 0. The number of aryl methyl sites for hydroxylation is 1. The van der Waals surface area contributed by atoms with Crippen LogP contribution in [0.15, 0.2) is 4.79 Å². The maximum atomic E-state index is 11.3. The third-order valence-electron chi connectivity index (χ3n) is 1.84. The van der Waals surface area contributed by atoms with E-state index >= 15 is 0 Å². The molecule has 72 valence electrons. The van der Waals surface area contributed by atoms with Crippen LogP contribution >= 0.6 is 11.3 Å². The molecule has 1 aromatic rings. The topological polar surface area (TPSA) is 77.1 Å². The van der Waals surface area contributed by atoms with Gasteiger partial charge in [-0.15, -0.1) is 0 Å². The summed E-state index contributed by atoms with van der Waals surface area (Å²) >= 11 is 1.13. The summed E-state index contributed by atoms with van der Waals surface area (Å²) in [5, 5.41) is 0. The van der Waals surface area contributed by atoms with Gasteiger partial charge in [0.25, 0.3) is 5.91 Å². The highest BCUT2D eigenvalue weighted by Gasteiger charge is 2.09. The number of nitrogens with two attached hydrogens (primary N) is 1. The molecule has 0 aliphatic rings. The predicted octanol–water partition coefficient (Wildman–Crippen LogP) is -0.483. The largest absolute Gasteiger partial charge is 0.308 e. The van der Waals surface area contributed by atoms with Gasteiger partial charge in [-0.1, -0.05) is 11.3 Å². The quantitative estimate of drug-likeness (QED) is 0.385. The first-order chi connectivity index (χ1) is 6.06.